The number of nitrogens with zero attached hydrogens (tertiary/aromatic N) is 2. The summed E-state index contributed by atoms with van der Waals surface area (Å²) in [6.07, 6.45) is 0.846. The fourth-order valence-electron chi connectivity index (χ4n) is 3.13. The summed E-state index contributed by atoms with van der Waals surface area (Å²) in [6, 6.07) is 11.8. The minimum atomic E-state index is -3.51. The van der Waals surface area contributed by atoms with Crippen molar-refractivity contribution < 1.29 is 8.42 Å². The second-order valence-corrected chi connectivity index (χ2v) is 9.92. The Morgan fingerprint density at radius 2 is 1.69 bits per heavy atom. The summed E-state index contributed by atoms with van der Waals surface area (Å²) >= 11 is 1.32. The average molecular weight is 394 g/mol. The molecule has 1 N–H and O–H groups in total. The normalized spacial score (nSPS) is 16.2. The van der Waals surface area contributed by atoms with Crippen LogP contribution in [0, 0.1) is 0 Å². The van der Waals surface area contributed by atoms with Gasteiger partial charge in [0.25, 0.3) is 10.0 Å². The van der Waals surface area contributed by atoms with Crippen LogP contribution in [0.1, 0.15) is 25.6 Å². The highest BCUT2D eigenvalue weighted by molar-refractivity contribution is 7.94. The molecule has 0 unspecified atom stereocenters. The zero-order valence-electron chi connectivity index (χ0n) is 15.6. The van der Waals surface area contributed by atoms with Crippen LogP contribution in [0.4, 0.5) is 11.4 Å². The Bertz CT molecular complexity index is 821. The van der Waals surface area contributed by atoms with E-state index in [2.05, 4.69) is 28.4 Å². The third-order valence-electron chi connectivity index (χ3n) is 4.78. The molecule has 1 aromatic heterocycles. The number of thiophene rings is 1. The number of piperazine rings is 1. The number of hydrogen-bond donors (Lipinski definition) is 1. The molecule has 0 atom stereocenters. The predicted molar refractivity (Wildman–Crippen MR) is 110 cm³/mol. The van der Waals surface area contributed by atoms with Crippen molar-refractivity contribution in [2.45, 2.75) is 37.4 Å². The van der Waals surface area contributed by atoms with E-state index in [9.17, 15) is 8.42 Å². The van der Waals surface area contributed by atoms with Gasteiger partial charge in [-0.3, -0.25) is 9.62 Å². The zero-order chi connectivity index (χ0) is 18.7. The Kier molecular flexibility index (Phi) is 5.89. The smallest absolute Gasteiger partial charge is 0.271 e. The molecule has 2 heterocycles. The van der Waals surface area contributed by atoms with E-state index in [0.717, 1.165) is 43.2 Å². The van der Waals surface area contributed by atoms with Gasteiger partial charge < -0.3 is 4.90 Å². The predicted octanol–water partition coefficient (Wildman–Crippen LogP) is 3.64. The van der Waals surface area contributed by atoms with E-state index in [-0.39, 0.29) is 0 Å². The van der Waals surface area contributed by atoms with Crippen molar-refractivity contribution in [1.29, 1.82) is 0 Å². The van der Waals surface area contributed by atoms with E-state index in [0.29, 0.717) is 15.9 Å². The van der Waals surface area contributed by atoms with Crippen molar-refractivity contribution in [2.75, 3.05) is 35.8 Å². The minimum absolute atomic E-state index is 0.364. The Labute approximate surface area is 160 Å². The van der Waals surface area contributed by atoms with Crippen LogP contribution in [0.3, 0.4) is 0 Å². The van der Waals surface area contributed by atoms with Gasteiger partial charge in [0.1, 0.15) is 4.21 Å². The summed E-state index contributed by atoms with van der Waals surface area (Å²) in [6.45, 7) is 10.6. The number of benzene rings is 1. The van der Waals surface area contributed by atoms with Crippen LogP contribution in [0.15, 0.2) is 40.6 Å². The molecule has 1 fully saturated rings. The Morgan fingerprint density at radius 1 is 1.04 bits per heavy atom. The molecule has 142 valence electrons. The largest absolute Gasteiger partial charge is 0.369 e. The van der Waals surface area contributed by atoms with E-state index in [4.69, 9.17) is 0 Å². The zero-order valence-corrected chi connectivity index (χ0v) is 17.2. The molecule has 0 aliphatic carbocycles. The third-order valence-corrected chi connectivity index (χ3v) is 7.88. The lowest BCUT2D eigenvalue weighted by atomic mass is 10.2. The molecule has 7 heteroatoms. The van der Waals surface area contributed by atoms with E-state index >= 15 is 0 Å². The maximum absolute atomic E-state index is 12.5. The SMILES string of the molecule is CCc1ccc(S(=O)(=O)Nc2ccc(N3CCN(C(C)C)CC3)cc2)s1. The lowest BCUT2D eigenvalue weighted by Gasteiger charge is -2.38. The number of hydrogen-bond acceptors (Lipinski definition) is 5. The average Bonchev–Trinajstić information content (AvgIpc) is 3.12. The number of sulfonamides is 1. The molecule has 1 aliphatic rings. The molecular weight excluding hydrogens is 366 g/mol. The van der Waals surface area contributed by atoms with Crippen LogP contribution >= 0.6 is 11.3 Å². The lowest BCUT2D eigenvalue weighted by Crippen LogP contribution is -2.48. The van der Waals surface area contributed by atoms with Gasteiger partial charge in [-0.05, 0) is 56.7 Å². The molecule has 0 spiro atoms. The van der Waals surface area contributed by atoms with E-state index in [1.165, 1.54) is 11.3 Å². The van der Waals surface area contributed by atoms with Gasteiger partial charge in [0, 0.05) is 48.5 Å². The molecule has 3 rings (SSSR count). The lowest BCUT2D eigenvalue weighted by molar-refractivity contribution is 0.209. The van der Waals surface area contributed by atoms with Crippen LogP contribution in [0.5, 0.6) is 0 Å². The molecule has 2 aromatic rings. The molecule has 26 heavy (non-hydrogen) atoms. The second kappa shape index (κ2) is 7.98. The second-order valence-electron chi connectivity index (χ2n) is 6.84. The van der Waals surface area contributed by atoms with Gasteiger partial charge in [0.2, 0.25) is 0 Å². The van der Waals surface area contributed by atoms with Gasteiger partial charge in [-0.1, -0.05) is 6.92 Å². The van der Waals surface area contributed by atoms with Crippen molar-refractivity contribution >= 4 is 32.7 Å². The molecule has 1 aliphatic heterocycles. The summed E-state index contributed by atoms with van der Waals surface area (Å²) in [7, 11) is -3.51. The number of anilines is 2. The van der Waals surface area contributed by atoms with Gasteiger partial charge >= 0.3 is 0 Å². The molecule has 1 saturated heterocycles. The van der Waals surface area contributed by atoms with E-state index in [1.807, 2.05) is 37.3 Å². The molecule has 0 saturated carbocycles. The van der Waals surface area contributed by atoms with Crippen molar-refractivity contribution in [1.82, 2.24) is 4.90 Å². The fourth-order valence-corrected chi connectivity index (χ4v) is 5.49. The Hall–Kier alpha value is -1.57. The van der Waals surface area contributed by atoms with Gasteiger partial charge in [-0.2, -0.15) is 0 Å². The van der Waals surface area contributed by atoms with Crippen LogP contribution < -0.4 is 9.62 Å². The molecule has 0 amide bonds. The number of aryl methyl sites for hydroxylation is 1. The van der Waals surface area contributed by atoms with E-state index in [1.54, 1.807) is 6.07 Å². The first-order chi connectivity index (χ1) is 12.4. The van der Waals surface area contributed by atoms with Crippen molar-refractivity contribution in [2.24, 2.45) is 0 Å². The van der Waals surface area contributed by atoms with Crippen molar-refractivity contribution in [3.05, 3.63) is 41.3 Å². The Balaban J connectivity index is 1.64. The number of nitrogens with one attached hydrogen (secondary N) is 1. The summed E-state index contributed by atoms with van der Waals surface area (Å²) in [4.78, 5) is 5.90. The summed E-state index contributed by atoms with van der Waals surface area (Å²) in [5.74, 6) is 0. The molecular formula is C19H27N3O2S2. The third kappa shape index (κ3) is 4.39. The first kappa shape index (κ1) is 19.2. The van der Waals surface area contributed by atoms with Crippen LogP contribution in [0.25, 0.3) is 0 Å². The van der Waals surface area contributed by atoms with Crippen molar-refractivity contribution in [3.63, 3.8) is 0 Å². The molecule has 1 aromatic carbocycles. The minimum Gasteiger partial charge on any atom is -0.369 e. The van der Waals surface area contributed by atoms with Gasteiger partial charge in [0.15, 0.2) is 0 Å². The van der Waals surface area contributed by atoms with Crippen LogP contribution in [-0.4, -0.2) is 45.5 Å². The maximum Gasteiger partial charge on any atom is 0.271 e. The monoisotopic (exact) mass is 393 g/mol. The van der Waals surface area contributed by atoms with Crippen LogP contribution in [-0.2, 0) is 16.4 Å². The fraction of sp³-hybridized carbons (Fsp3) is 0.474. The highest BCUT2D eigenvalue weighted by Gasteiger charge is 2.20. The topological polar surface area (TPSA) is 52.7 Å². The van der Waals surface area contributed by atoms with Crippen LogP contribution in [0.2, 0.25) is 0 Å². The highest BCUT2D eigenvalue weighted by Crippen LogP contribution is 2.26. The summed E-state index contributed by atoms with van der Waals surface area (Å²) in [5, 5.41) is 0. The molecule has 0 bridgehead atoms. The summed E-state index contributed by atoms with van der Waals surface area (Å²) < 4.78 is 28.0. The van der Waals surface area contributed by atoms with E-state index < -0.39 is 10.0 Å². The first-order valence-electron chi connectivity index (χ1n) is 9.09. The molecule has 5 nitrogen and oxygen atoms in total. The van der Waals surface area contributed by atoms with Gasteiger partial charge in [0.05, 0.1) is 0 Å². The first-order valence-corrected chi connectivity index (χ1v) is 11.4. The van der Waals surface area contributed by atoms with Gasteiger partial charge in [-0.15, -0.1) is 11.3 Å². The highest BCUT2D eigenvalue weighted by atomic mass is 32.2. The van der Waals surface area contributed by atoms with Crippen molar-refractivity contribution in [3.8, 4) is 0 Å². The molecule has 0 radical (unpaired) electrons. The van der Waals surface area contributed by atoms with Gasteiger partial charge in [-0.25, -0.2) is 8.42 Å². The quantitative estimate of drug-likeness (QED) is 0.814. The standard InChI is InChI=1S/C19H27N3O2S2/c1-4-18-9-10-19(25-18)26(23,24)20-16-5-7-17(8-6-16)22-13-11-21(12-14-22)15(2)3/h5-10,15,20H,4,11-14H2,1-3H3. The summed E-state index contributed by atoms with van der Waals surface area (Å²) in [5.41, 5.74) is 1.74. The maximum atomic E-state index is 12.5. The Morgan fingerprint density at radius 3 is 2.23 bits per heavy atom. The number of rotatable bonds is 6.